The molecule has 0 atom stereocenters. The van der Waals surface area contributed by atoms with E-state index in [0.717, 1.165) is 37.0 Å². The van der Waals surface area contributed by atoms with Crippen LogP contribution in [0.15, 0.2) is 42.6 Å². The molecule has 5 heteroatoms. The molecule has 4 rings (SSSR count). The average molecular weight is 391 g/mol. The molecule has 2 aromatic heterocycles. The quantitative estimate of drug-likeness (QED) is 0.667. The zero-order chi connectivity index (χ0) is 20.6. The summed E-state index contributed by atoms with van der Waals surface area (Å²) in [4.78, 5) is 23.2. The predicted octanol–water partition coefficient (Wildman–Crippen LogP) is 4.92. The Morgan fingerprint density at radius 2 is 1.79 bits per heavy atom. The molecular formula is C24H30N4O. The minimum atomic E-state index is -0.131. The summed E-state index contributed by atoms with van der Waals surface area (Å²) in [6.07, 6.45) is 4.37. The molecule has 29 heavy (non-hydrogen) atoms. The van der Waals surface area contributed by atoms with E-state index >= 15 is 0 Å². The molecule has 1 aliphatic rings. The molecule has 0 radical (unpaired) electrons. The van der Waals surface area contributed by atoms with Crippen LogP contribution in [0.3, 0.4) is 0 Å². The number of anilines is 1. The van der Waals surface area contributed by atoms with Crippen LogP contribution in [0.2, 0.25) is 0 Å². The summed E-state index contributed by atoms with van der Waals surface area (Å²) in [5, 5.41) is 2.96. The zero-order valence-corrected chi connectivity index (χ0v) is 17.7. The number of carbonyl (C=O) groups excluding carboxylic acids is 1. The maximum absolute atomic E-state index is 12.7. The van der Waals surface area contributed by atoms with Crippen LogP contribution in [-0.2, 0) is 5.41 Å². The van der Waals surface area contributed by atoms with Crippen molar-refractivity contribution in [3.63, 3.8) is 0 Å². The fourth-order valence-corrected chi connectivity index (χ4v) is 4.03. The van der Waals surface area contributed by atoms with Crippen LogP contribution in [0, 0.1) is 0 Å². The molecule has 5 nitrogen and oxygen atoms in total. The number of amides is 1. The summed E-state index contributed by atoms with van der Waals surface area (Å²) in [5.74, 6) is 0.980. The van der Waals surface area contributed by atoms with E-state index in [-0.39, 0.29) is 11.3 Å². The van der Waals surface area contributed by atoms with Gasteiger partial charge in [-0.3, -0.25) is 4.79 Å². The number of aromatic amines is 1. The Hall–Kier alpha value is -2.66. The van der Waals surface area contributed by atoms with Crippen LogP contribution < -0.4 is 5.32 Å². The van der Waals surface area contributed by atoms with Crippen LogP contribution in [0.4, 0.5) is 5.82 Å². The molecule has 2 N–H and O–H groups in total. The van der Waals surface area contributed by atoms with E-state index in [1.165, 1.54) is 11.1 Å². The van der Waals surface area contributed by atoms with Crippen molar-refractivity contribution in [2.24, 2.45) is 0 Å². The molecule has 0 aliphatic carbocycles. The number of piperidine rings is 1. The highest BCUT2D eigenvalue weighted by Gasteiger charge is 2.22. The first-order chi connectivity index (χ1) is 13.8. The lowest BCUT2D eigenvalue weighted by atomic mass is 9.87. The lowest BCUT2D eigenvalue weighted by Gasteiger charge is -2.28. The summed E-state index contributed by atoms with van der Waals surface area (Å²) >= 11 is 0. The SMILES string of the molecule is CN1CCC(c2c[nH]c3ccc(NC(=O)c4ccc(C(C)(C)C)cc4)nc23)CC1. The summed E-state index contributed by atoms with van der Waals surface area (Å²) in [6, 6.07) is 11.7. The van der Waals surface area contributed by atoms with Gasteiger partial charge in [-0.05, 0) is 79.7 Å². The van der Waals surface area contributed by atoms with Gasteiger partial charge in [0.1, 0.15) is 5.82 Å². The summed E-state index contributed by atoms with van der Waals surface area (Å²) in [6.45, 7) is 8.72. The Bertz CT molecular complexity index is 1010. The maximum Gasteiger partial charge on any atom is 0.256 e. The molecular weight excluding hydrogens is 360 g/mol. The van der Waals surface area contributed by atoms with Crippen molar-refractivity contribution in [3.8, 4) is 0 Å². The molecule has 0 unspecified atom stereocenters. The van der Waals surface area contributed by atoms with E-state index in [2.05, 4.69) is 49.2 Å². The second-order valence-corrected chi connectivity index (χ2v) is 9.20. The number of carbonyl (C=O) groups is 1. The van der Waals surface area contributed by atoms with Crippen molar-refractivity contribution in [2.45, 2.75) is 44.9 Å². The first kappa shape index (κ1) is 19.6. The molecule has 0 bridgehead atoms. The van der Waals surface area contributed by atoms with Gasteiger partial charge >= 0.3 is 0 Å². The van der Waals surface area contributed by atoms with E-state index in [1.807, 2.05) is 36.4 Å². The summed E-state index contributed by atoms with van der Waals surface area (Å²) < 4.78 is 0. The Balaban J connectivity index is 1.53. The van der Waals surface area contributed by atoms with Gasteiger partial charge in [0.2, 0.25) is 0 Å². The molecule has 3 heterocycles. The minimum absolute atomic E-state index is 0.0697. The molecule has 1 saturated heterocycles. The first-order valence-electron chi connectivity index (χ1n) is 10.4. The van der Waals surface area contributed by atoms with Crippen molar-refractivity contribution in [1.82, 2.24) is 14.9 Å². The highest BCUT2D eigenvalue weighted by atomic mass is 16.1. The number of fused-ring (bicyclic) bond motifs is 1. The number of nitrogens with zero attached hydrogens (tertiary/aromatic N) is 2. The molecule has 152 valence electrons. The third kappa shape index (κ3) is 4.20. The van der Waals surface area contributed by atoms with Gasteiger partial charge < -0.3 is 15.2 Å². The van der Waals surface area contributed by atoms with Crippen LogP contribution in [-0.4, -0.2) is 40.9 Å². The topological polar surface area (TPSA) is 61.0 Å². The largest absolute Gasteiger partial charge is 0.360 e. The maximum atomic E-state index is 12.7. The number of nitrogens with one attached hydrogen (secondary N) is 2. The molecule has 1 fully saturated rings. The van der Waals surface area contributed by atoms with Crippen molar-refractivity contribution in [2.75, 3.05) is 25.5 Å². The Morgan fingerprint density at radius 1 is 1.10 bits per heavy atom. The van der Waals surface area contributed by atoms with E-state index in [4.69, 9.17) is 4.98 Å². The molecule has 1 amide bonds. The Labute approximate surface area is 172 Å². The van der Waals surface area contributed by atoms with Gasteiger partial charge in [-0.2, -0.15) is 0 Å². The third-order valence-corrected chi connectivity index (χ3v) is 5.96. The smallest absolute Gasteiger partial charge is 0.256 e. The van der Waals surface area contributed by atoms with E-state index in [9.17, 15) is 4.79 Å². The molecule has 1 aromatic carbocycles. The lowest BCUT2D eigenvalue weighted by molar-refractivity contribution is 0.102. The van der Waals surface area contributed by atoms with Crippen LogP contribution >= 0.6 is 0 Å². The standard InChI is InChI=1S/C24H30N4O/c1-24(2,3)18-7-5-17(6-8-18)23(29)27-21-10-9-20-22(26-21)19(15-25-20)16-11-13-28(4)14-12-16/h5-10,15-16,25H,11-14H2,1-4H3,(H,26,27,29). The fraction of sp³-hybridized carbons (Fsp3) is 0.417. The van der Waals surface area contributed by atoms with Gasteiger partial charge in [0.15, 0.2) is 0 Å². The van der Waals surface area contributed by atoms with Crippen molar-refractivity contribution >= 4 is 22.8 Å². The van der Waals surface area contributed by atoms with E-state index < -0.39 is 0 Å². The van der Waals surface area contributed by atoms with Crippen LogP contribution in [0.1, 0.15) is 61.0 Å². The van der Waals surface area contributed by atoms with Crippen molar-refractivity contribution in [1.29, 1.82) is 0 Å². The predicted molar refractivity (Wildman–Crippen MR) is 119 cm³/mol. The van der Waals surface area contributed by atoms with Crippen molar-refractivity contribution in [3.05, 3.63) is 59.3 Å². The van der Waals surface area contributed by atoms with E-state index in [1.54, 1.807) is 0 Å². The normalized spacial score (nSPS) is 16.3. The van der Waals surface area contributed by atoms with Gasteiger partial charge in [-0.1, -0.05) is 32.9 Å². The number of H-pyrrole nitrogens is 1. The number of benzene rings is 1. The summed E-state index contributed by atoms with van der Waals surface area (Å²) in [7, 11) is 2.17. The first-order valence-corrected chi connectivity index (χ1v) is 10.4. The number of hydrogen-bond donors (Lipinski definition) is 2. The van der Waals surface area contributed by atoms with Crippen molar-refractivity contribution < 1.29 is 4.79 Å². The highest BCUT2D eigenvalue weighted by molar-refractivity contribution is 6.04. The van der Waals surface area contributed by atoms with Gasteiger partial charge in [0.25, 0.3) is 5.91 Å². The molecule has 0 spiro atoms. The van der Waals surface area contributed by atoms with Gasteiger partial charge in [0, 0.05) is 11.8 Å². The number of aromatic nitrogens is 2. The van der Waals surface area contributed by atoms with Gasteiger partial charge in [-0.25, -0.2) is 4.98 Å². The zero-order valence-electron chi connectivity index (χ0n) is 17.7. The monoisotopic (exact) mass is 390 g/mol. The number of pyridine rings is 1. The summed E-state index contributed by atoms with van der Waals surface area (Å²) in [5.41, 5.74) is 5.18. The van der Waals surface area contributed by atoms with Crippen LogP contribution in [0.5, 0.6) is 0 Å². The van der Waals surface area contributed by atoms with Gasteiger partial charge in [-0.15, -0.1) is 0 Å². The lowest BCUT2D eigenvalue weighted by Crippen LogP contribution is -2.29. The Kier molecular flexibility index (Phi) is 5.17. The molecule has 1 aliphatic heterocycles. The fourth-order valence-electron chi connectivity index (χ4n) is 4.03. The van der Waals surface area contributed by atoms with Gasteiger partial charge in [0.05, 0.1) is 11.0 Å². The molecule has 0 saturated carbocycles. The van der Waals surface area contributed by atoms with Crippen LogP contribution in [0.25, 0.3) is 11.0 Å². The third-order valence-electron chi connectivity index (χ3n) is 5.96. The minimum Gasteiger partial charge on any atom is -0.360 e. The second kappa shape index (κ2) is 7.64. The highest BCUT2D eigenvalue weighted by Crippen LogP contribution is 2.32. The Morgan fingerprint density at radius 3 is 2.45 bits per heavy atom. The molecule has 3 aromatic rings. The number of likely N-dealkylation sites (tertiary alicyclic amines) is 1. The average Bonchev–Trinajstić information content (AvgIpc) is 3.11. The number of rotatable bonds is 3. The van der Waals surface area contributed by atoms with E-state index in [0.29, 0.717) is 17.3 Å². The second-order valence-electron chi connectivity index (χ2n) is 9.20. The number of hydrogen-bond acceptors (Lipinski definition) is 3.